The number of hydrogen-bond acceptors (Lipinski definition) is 2. The molecule has 4 nitrogen and oxygen atoms in total. The maximum absolute atomic E-state index is 11.7. The van der Waals surface area contributed by atoms with Crippen LogP contribution in [0.3, 0.4) is 0 Å². The van der Waals surface area contributed by atoms with Gasteiger partial charge in [0.15, 0.2) is 5.78 Å². The number of ketones is 1. The topological polar surface area (TPSA) is 70.2 Å². The summed E-state index contributed by atoms with van der Waals surface area (Å²) in [6, 6.07) is 5.13. The van der Waals surface area contributed by atoms with E-state index in [1.165, 1.54) is 6.20 Å². The van der Waals surface area contributed by atoms with E-state index in [2.05, 4.69) is 4.98 Å². The van der Waals surface area contributed by atoms with Gasteiger partial charge in [-0.25, -0.2) is 4.79 Å². The number of nitrogens with one attached hydrogen (secondary N) is 1. The molecule has 1 heterocycles. The predicted octanol–water partition coefficient (Wildman–Crippen LogP) is 2.64. The van der Waals surface area contributed by atoms with E-state index in [-0.39, 0.29) is 5.78 Å². The van der Waals surface area contributed by atoms with Crippen molar-refractivity contribution < 1.29 is 14.7 Å². The molecule has 86 valence electrons. The molecule has 2 N–H and O–H groups in total. The van der Waals surface area contributed by atoms with Crippen LogP contribution in [0.2, 0.25) is 5.02 Å². The molecule has 0 atom stereocenters. The van der Waals surface area contributed by atoms with E-state index >= 15 is 0 Å². The zero-order valence-corrected chi connectivity index (χ0v) is 9.36. The lowest BCUT2D eigenvalue weighted by atomic mass is 10.1. The first-order valence-electron chi connectivity index (χ1n) is 4.80. The molecule has 0 unspecified atom stereocenters. The Balaban J connectivity index is 2.45. The number of benzene rings is 1. The Kier molecular flexibility index (Phi) is 2.97. The quantitative estimate of drug-likeness (QED) is 0.649. The van der Waals surface area contributed by atoms with Crippen LogP contribution in [0.4, 0.5) is 0 Å². The van der Waals surface area contributed by atoms with Crippen LogP contribution in [0.15, 0.2) is 36.5 Å². The molecule has 2 rings (SSSR count). The van der Waals surface area contributed by atoms with Crippen molar-refractivity contribution in [2.75, 3.05) is 0 Å². The highest BCUT2D eigenvalue weighted by atomic mass is 35.5. The molecule has 0 fully saturated rings. The minimum Gasteiger partial charge on any atom is -0.478 e. The van der Waals surface area contributed by atoms with Crippen molar-refractivity contribution in [3.8, 4) is 0 Å². The van der Waals surface area contributed by atoms with Crippen LogP contribution in [-0.4, -0.2) is 21.8 Å². The lowest BCUT2D eigenvalue weighted by Crippen LogP contribution is -1.95. The van der Waals surface area contributed by atoms with Crippen molar-refractivity contribution in [3.63, 3.8) is 0 Å². The van der Waals surface area contributed by atoms with Gasteiger partial charge in [-0.05, 0) is 24.3 Å². The molecule has 0 aliphatic carbocycles. The van der Waals surface area contributed by atoms with Gasteiger partial charge in [-0.1, -0.05) is 11.6 Å². The van der Waals surface area contributed by atoms with Gasteiger partial charge in [0.25, 0.3) is 0 Å². The summed E-state index contributed by atoms with van der Waals surface area (Å²) in [5, 5.41) is 9.65. The van der Waals surface area contributed by atoms with Gasteiger partial charge in [0.05, 0.1) is 0 Å². The van der Waals surface area contributed by atoms with Crippen LogP contribution in [0.5, 0.6) is 0 Å². The first-order chi connectivity index (χ1) is 8.08. The van der Waals surface area contributed by atoms with Gasteiger partial charge in [-0.2, -0.15) is 0 Å². The Labute approximate surface area is 102 Å². The van der Waals surface area contributed by atoms with Crippen LogP contribution in [0, 0.1) is 0 Å². The molecule has 0 aliphatic heterocycles. The molecule has 0 radical (unpaired) electrons. The molecule has 0 bridgehead atoms. The Morgan fingerprint density at radius 2 is 2.06 bits per heavy atom. The Morgan fingerprint density at radius 1 is 1.29 bits per heavy atom. The second-order valence-electron chi connectivity index (χ2n) is 3.43. The number of hydrogen-bond donors (Lipinski definition) is 2. The summed E-state index contributed by atoms with van der Waals surface area (Å²) >= 11 is 5.84. The van der Waals surface area contributed by atoms with E-state index in [4.69, 9.17) is 16.7 Å². The van der Waals surface area contributed by atoms with Crippen molar-refractivity contribution in [2.24, 2.45) is 0 Å². The first kappa shape index (κ1) is 11.4. The van der Waals surface area contributed by atoms with Crippen molar-refractivity contribution in [1.29, 1.82) is 0 Å². The number of allylic oxidation sites excluding steroid dienone is 1. The molecule has 0 amide bonds. The highest BCUT2D eigenvalue weighted by Crippen LogP contribution is 2.22. The summed E-state index contributed by atoms with van der Waals surface area (Å²) in [6.07, 6.45) is 3.37. The number of aliphatic carboxylic acids is 1. The molecule has 1 aromatic heterocycles. The fourth-order valence-corrected chi connectivity index (χ4v) is 1.71. The molecular weight excluding hydrogens is 242 g/mol. The van der Waals surface area contributed by atoms with E-state index in [1.807, 2.05) is 0 Å². The number of carboxylic acid groups (broad SMARTS) is 1. The standard InChI is InChI=1S/C12H8ClNO3/c13-7-1-2-10-8(5-7)9(6-14-10)11(15)3-4-12(16)17/h1-6,14H,(H,16,17). The van der Waals surface area contributed by atoms with Gasteiger partial charge >= 0.3 is 5.97 Å². The van der Waals surface area contributed by atoms with Crippen LogP contribution in [0.1, 0.15) is 10.4 Å². The highest BCUT2D eigenvalue weighted by molar-refractivity contribution is 6.31. The Morgan fingerprint density at radius 3 is 2.76 bits per heavy atom. The van der Waals surface area contributed by atoms with Gasteiger partial charge in [0.2, 0.25) is 0 Å². The third-order valence-electron chi connectivity index (χ3n) is 2.29. The van der Waals surface area contributed by atoms with E-state index in [0.29, 0.717) is 16.0 Å². The second kappa shape index (κ2) is 4.43. The SMILES string of the molecule is O=C(O)C=CC(=O)c1c[nH]c2ccc(Cl)cc12. The third kappa shape index (κ3) is 2.37. The number of halogens is 1. The number of aromatic nitrogens is 1. The highest BCUT2D eigenvalue weighted by Gasteiger charge is 2.10. The minimum atomic E-state index is -1.16. The number of aromatic amines is 1. The maximum atomic E-state index is 11.7. The summed E-state index contributed by atoms with van der Waals surface area (Å²) in [5.41, 5.74) is 1.18. The molecular formula is C12H8ClNO3. The lowest BCUT2D eigenvalue weighted by Gasteiger charge is -1.94. The zero-order valence-electron chi connectivity index (χ0n) is 8.61. The van der Waals surface area contributed by atoms with Crippen molar-refractivity contribution in [3.05, 3.63) is 47.1 Å². The summed E-state index contributed by atoms with van der Waals surface area (Å²) in [7, 11) is 0. The number of fused-ring (bicyclic) bond motifs is 1. The fraction of sp³-hybridized carbons (Fsp3) is 0. The van der Waals surface area contributed by atoms with Crippen LogP contribution in [0.25, 0.3) is 10.9 Å². The third-order valence-corrected chi connectivity index (χ3v) is 2.52. The Hall–Kier alpha value is -2.07. The summed E-state index contributed by atoms with van der Waals surface area (Å²) in [4.78, 5) is 25.0. The number of carbonyl (C=O) groups excluding carboxylic acids is 1. The van der Waals surface area contributed by atoms with Crippen molar-refractivity contribution in [2.45, 2.75) is 0 Å². The number of carboxylic acids is 1. The molecule has 0 aliphatic rings. The maximum Gasteiger partial charge on any atom is 0.328 e. The largest absolute Gasteiger partial charge is 0.478 e. The van der Waals surface area contributed by atoms with E-state index in [9.17, 15) is 9.59 Å². The molecule has 1 aromatic carbocycles. The second-order valence-corrected chi connectivity index (χ2v) is 3.86. The number of carbonyl (C=O) groups is 2. The summed E-state index contributed by atoms with van der Waals surface area (Å²) in [6.45, 7) is 0. The fourth-order valence-electron chi connectivity index (χ4n) is 1.53. The summed E-state index contributed by atoms with van der Waals surface area (Å²) in [5.74, 6) is -1.53. The van der Waals surface area contributed by atoms with Crippen LogP contribution >= 0.6 is 11.6 Å². The molecule has 5 heteroatoms. The van der Waals surface area contributed by atoms with Gasteiger partial charge in [-0.15, -0.1) is 0 Å². The van der Waals surface area contributed by atoms with Crippen LogP contribution < -0.4 is 0 Å². The van der Waals surface area contributed by atoms with E-state index < -0.39 is 5.97 Å². The van der Waals surface area contributed by atoms with E-state index in [1.54, 1.807) is 18.2 Å². The average Bonchev–Trinajstić information content (AvgIpc) is 2.68. The smallest absolute Gasteiger partial charge is 0.328 e. The van der Waals surface area contributed by atoms with Crippen LogP contribution in [-0.2, 0) is 4.79 Å². The van der Waals surface area contributed by atoms with Gasteiger partial charge in [-0.3, -0.25) is 4.79 Å². The lowest BCUT2D eigenvalue weighted by molar-refractivity contribution is -0.131. The normalized spacial score (nSPS) is 11.1. The molecule has 0 spiro atoms. The molecule has 2 aromatic rings. The molecule has 0 saturated carbocycles. The Bertz CT molecular complexity index is 628. The predicted molar refractivity (Wildman–Crippen MR) is 64.4 cm³/mol. The number of H-pyrrole nitrogens is 1. The zero-order chi connectivity index (χ0) is 12.4. The minimum absolute atomic E-state index is 0.374. The average molecular weight is 250 g/mol. The van der Waals surface area contributed by atoms with Crippen molar-refractivity contribution >= 4 is 34.3 Å². The first-order valence-corrected chi connectivity index (χ1v) is 5.17. The van der Waals surface area contributed by atoms with Gasteiger partial charge in [0, 0.05) is 33.8 Å². The summed E-state index contributed by atoms with van der Waals surface area (Å²) < 4.78 is 0. The number of rotatable bonds is 3. The molecule has 17 heavy (non-hydrogen) atoms. The monoisotopic (exact) mass is 249 g/mol. The molecule has 0 saturated heterocycles. The van der Waals surface area contributed by atoms with E-state index in [0.717, 1.165) is 17.7 Å². The van der Waals surface area contributed by atoms with Crippen molar-refractivity contribution in [1.82, 2.24) is 4.98 Å². The van der Waals surface area contributed by atoms with Gasteiger partial charge < -0.3 is 10.1 Å². The van der Waals surface area contributed by atoms with Gasteiger partial charge in [0.1, 0.15) is 0 Å².